The van der Waals surface area contributed by atoms with Gasteiger partial charge in [-0.2, -0.15) is 5.26 Å². The Hall–Kier alpha value is -1.99. The summed E-state index contributed by atoms with van der Waals surface area (Å²) in [7, 11) is 1.71. The van der Waals surface area contributed by atoms with Gasteiger partial charge in [-0.25, -0.2) is 0 Å². The Morgan fingerprint density at radius 2 is 2.36 bits per heavy atom. The van der Waals surface area contributed by atoms with E-state index in [-0.39, 0.29) is 5.41 Å². The topological polar surface area (TPSA) is 52.0 Å². The van der Waals surface area contributed by atoms with Crippen LogP contribution in [0.1, 0.15) is 24.1 Å². The van der Waals surface area contributed by atoms with Crippen LogP contribution in [0, 0.1) is 17.2 Å². The lowest BCUT2D eigenvalue weighted by Gasteiger charge is -2.36. The number of aromatic nitrogens is 1. The fraction of sp³-hybridized carbons (Fsp3) is 0.500. The number of nitriles is 1. The van der Waals surface area contributed by atoms with Gasteiger partial charge in [0, 0.05) is 35.7 Å². The number of hydrogen-bond donors (Lipinski definition) is 1. The highest BCUT2D eigenvalue weighted by Crippen LogP contribution is 2.54. The Bertz CT molecular complexity index is 818. The molecule has 5 rings (SSSR count). The molecule has 1 aromatic heterocycles. The minimum atomic E-state index is -0.332. The Labute approximate surface area is 129 Å². The Morgan fingerprint density at radius 3 is 3.14 bits per heavy atom. The van der Waals surface area contributed by atoms with Crippen LogP contribution in [-0.4, -0.2) is 36.1 Å². The molecule has 112 valence electrons. The maximum Gasteiger partial charge on any atom is 0.119 e. The van der Waals surface area contributed by atoms with Crippen LogP contribution < -0.4 is 4.74 Å². The van der Waals surface area contributed by atoms with E-state index in [4.69, 9.17) is 4.74 Å². The predicted octanol–water partition coefficient (Wildman–Crippen LogP) is 2.59. The summed E-state index contributed by atoms with van der Waals surface area (Å²) >= 11 is 0. The average molecular weight is 293 g/mol. The summed E-state index contributed by atoms with van der Waals surface area (Å²) in [5, 5.41) is 11.3. The van der Waals surface area contributed by atoms with Gasteiger partial charge in [0.1, 0.15) is 11.2 Å². The first-order valence-corrected chi connectivity index (χ1v) is 8.09. The molecule has 2 aliphatic heterocycles. The monoisotopic (exact) mass is 293 g/mol. The van der Waals surface area contributed by atoms with Gasteiger partial charge in [0.05, 0.1) is 13.2 Å². The lowest BCUT2D eigenvalue weighted by molar-refractivity contribution is 0.168. The fourth-order valence-electron chi connectivity index (χ4n) is 5.19. The number of aromatic amines is 1. The van der Waals surface area contributed by atoms with Gasteiger partial charge in [-0.15, -0.1) is 0 Å². The molecule has 1 saturated heterocycles. The third-order valence-corrected chi connectivity index (χ3v) is 6.08. The van der Waals surface area contributed by atoms with Crippen LogP contribution in [0.4, 0.5) is 0 Å². The van der Waals surface area contributed by atoms with E-state index in [0.717, 1.165) is 30.7 Å². The highest BCUT2D eigenvalue weighted by Gasteiger charge is 2.58. The van der Waals surface area contributed by atoms with Crippen molar-refractivity contribution in [3.8, 4) is 11.8 Å². The second-order valence-corrected chi connectivity index (χ2v) is 7.04. The molecular weight excluding hydrogens is 274 g/mol. The number of piperidine rings is 1. The molecule has 3 heterocycles. The van der Waals surface area contributed by atoms with Crippen LogP contribution >= 0.6 is 0 Å². The molecule has 2 fully saturated rings. The zero-order chi connectivity index (χ0) is 14.9. The van der Waals surface area contributed by atoms with Gasteiger partial charge in [-0.3, -0.25) is 4.90 Å². The normalized spacial score (nSPS) is 32.7. The number of nitrogens with one attached hydrogen (secondary N) is 1. The number of methoxy groups -OCH3 is 1. The molecular formula is C18H19N3O. The van der Waals surface area contributed by atoms with Crippen molar-refractivity contribution in [2.75, 3.05) is 20.2 Å². The largest absolute Gasteiger partial charge is 0.497 e. The third-order valence-electron chi connectivity index (χ3n) is 6.08. The van der Waals surface area contributed by atoms with Crippen molar-refractivity contribution in [3.05, 3.63) is 29.5 Å². The van der Waals surface area contributed by atoms with Gasteiger partial charge < -0.3 is 9.72 Å². The molecule has 2 aromatic rings. The van der Waals surface area contributed by atoms with Gasteiger partial charge in [0.2, 0.25) is 0 Å². The van der Waals surface area contributed by atoms with Gasteiger partial charge in [-0.1, -0.05) is 0 Å². The molecule has 1 saturated carbocycles. The Morgan fingerprint density at radius 1 is 1.45 bits per heavy atom. The first-order chi connectivity index (χ1) is 10.7. The zero-order valence-corrected chi connectivity index (χ0v) is 12.7. The maximum absolute atomic E-state index is 10.1. The molecule has 4 nitrogen and oxygen atoms in total. The maximum atomic E-state index is 10.1. The van der Waals surface area contributed by atoms with Crippen molar-refractivity contribution in [2.45, 2.75) is 30.7 Å². The summed E-state index contributed by atoms with van der Waals surface area (Å²) in [4.78, 5) is 6.16. The van der Waals surface area contributed by atoms with E-state index >= 15 is 0 Å². The zero-order valence-electron chi connectivity index (χ0n) is 12.7. The third kappa shape index (κ3) is 1.36. The number of fused-ring (bicyclic) bond motifs is 5. The number of benzene rings is 1. The van der Waals surface area contributed by atoms with E-state index in [1.54, 1.807) is 7.11 Å². The molecule has 0 unspecified atom stereocenters. The SMILES string of the molecule is COc1ccc2[nH]c3c(c2c1)CCN1C[C@@H]2C[C@H]1[C@@]3(C#N)C2. The van der Waals surface area contributed by atoms with Crippen molar-refractivity contribution >= 4 is 10.9 Å². The van der Waals surface area contributed by atoms with Crippen LogP contribution in [0.3, 0.4) is 0 Å². The first kappa shape index (κ1) is 12.5. The molecule has 3 aliphatic rings. The molecule has 0 amide bonds. The summed E-state index contributed by atoms with van der Waals surface area (Å²) in [6.45, 7) is 2.25. The summed E-state index contributed by atoms with van der Waals surface area (Å²) in [5.41, 5.74) is 3.33. The van der Waals surface area contributed by atoms with E-state index in [2.05, 4.69) is 28.1 Å². The molecule has 22 heavy (non-hydrogen) atoms. The average Bonchev–Trinajstić information content (AvgIpc) is 3.21. The van der Waals surface area contributed by atoms with Gasteiger partial charge >= 0.3 is 0 Å². The quantitative estimate of drug-likeness (QED) is 0.879. The molecule has 3 atom stereocenters. The smallest absolute Gasteiger partial charge is 0.119 e. The molecule has 2 bridgehead atoms. The minimum Gasteiger partial charge on any atom is -0.497 e. The molecule has 1 aliphatic carbocycles. The van der Waals surface area contributed by atoms with Gasteiger partial charge in [0.25, 0.3) is 0 Å². The number of ether oxygens (including phenoxy) is 1. The minimum absolute atomic E-state index is 0.332. The standard InChI is InChI=1S/C18H19N3O/c1-22-12-2-3-15-14(7-12)13-4-5-21-9-11-6-16(21)18(8-11,10-19)17(13)20-15/h2-3,7,11,16,20H,4-6,8-9H2,1H3/t11-,16+,18+/m1/s1. The highest BCUT2D eigenvalue weighted by molar-refractivity contribution is 5.87. The van der Waals surface area contributed by atoms with Gasteiger partial charge in [0.15, 0.2) is 0 Å². The second-order valence-electron chi connectivity index (χ2n) is 7.04. The van der Waals surface area contributed by atoms with Crippen LogP contribution in [0.5, 0.6) is 5.75 Å². The fourth-order valence-corrected chi connectivity index (χ4v) is 5.19. The van der Waals surface area contributed by atoms with Crippen LogP contribution in [0.2, 0.25) is 0 Å². The van der Waals surface area contributed by atoms with E-state index < -0.39 is 0 Å². The second kappa shape index (κ2) is 4.05. The molecule has 4 heteroatoms. The van der Waals surface area contributed by atoms with Crippen LogP contribution in [0.15, 0.2) is 18.2 Å². The molecule has 1 aromatic carbocycles. The lowest BCUT2D eigenvalue weighted by Crippen LogP contribution is -2.47. The number of nitrogens with zero attached hydrogens (tertiary/aromatic N) is 2. The molecule has 0 spiro atoms. The van der Waals surface area contributed by atoms with Crippen molar-refractivity contribution in [1.82, 2.24) is 9.88 Å². The van der Waals surface area contributed by atoms with E-state index in [1.807, 2.05) is 6.07 Å². The van der Waals surface area contributed by atoms with Crippen LogP contribution in [-0.2, 0) is 11.8 Å². The molecule has 0 radical (unpaired) electrons. The van der Waals surface area contributed by atoms with Crippen molar-refractivity contribution < 1.29 is 4.74 Å². The van der Waals surface area contributed by atoms with E-state index in [0.29, 0.717) is 12.0 Å². The van der Waals surface area contributed by atoms with Crippen molar-refractivity contribution in [2.24, 2.45) is 5.92 Å². The highest BCUT2D eigenvalue weighted by atomic mass is 16.5. The van der Waals surface area contributed by atoms with E-state index in [9.17, 15) is 5.26 Å². The van der Waals surface area contributed by atoms with Crippen molar-refractivity contribution in [1.29, 1.82) is 5.26 Å². The summed E-state index contributed by atoms with van der Waals surface area (Å²) in [6, 6.07) is 9.31. The Balaban J connectivity index is 1.79. The van der Waals surface area contributed by atoms with E-state index in [1.165, 1.54) is 29.6 Å². The van der Waals surface area contributed by atoms with Crippen LogP contribution in [0.25, 0.3) is 10.9 Å². The lowest BCUT2D eigenvalue weighted by atomic mass is 9.77. The van der Waals surface area contributed by atoms with Gasteiger partial charge in [-0.05, 0) is 48.9 Å². The first-order valence-electron chi connectivity index (χ1n) is 8.09. The summed E-state index contributed by atoms with van der Waals surface area (Å²) < 4.78 is 5.39. The summed E-state index contributed by atoms with van der Waals surface area (Å²) in [5.74, 6) is 1.58. The number of H-pyrrole nitrogens is 1. The Kier molecular flexibility index (Phi) is 2.31. The molecule has 1 N–H and O–H groups in total. The number of rotatable bonds is 1. The van der Waals surface area contributed by atoms with Crippen molar-refractivity contribution in [3.63, 3.8) is 0 Å². The summed E-state index contributed by atoms with van der Waals surface area (Å²) in [6.07, 6.45) is 3.22. The number of hydrogen-bond acceptors (Lipinski definition) is 3. The predicted molar refractivity (Wildman–Crippen MR) is 83.9 cm³/mol.